The van der Waals surface area contributed by atoms with Crippen LogP contribution in [0.15, 0.2) is 6.07 Å². The third kappa shape index (κ3) is 2.42. The van der Waals surface area contributed by atoms with Crippen molar-refractivity contribution in [1.29, 1.82) is 0 Å². The van der Waals surface area contributed by atoms with Gasteiger partial charge in [0.1, 0.15) is 5.82 Å². The molecule has 0 aromatic carbocycles. The molecular weight excluding hydrogens is 240 g/mol. The van der Waals surface area contributed by atoms with Gasteiger partial charge in [0, 0.05) is 17.8 Å². The number of nitrogens with two attached hydrogens (primary N) is 2. The van der Waals surface area contributed by atoms with Crippen molar-refractivity contribution in [3.8, 4) is 0 Å². The Labute approximate surface area is 112 Å². The minimum Gasteiger partial charge on any atom is -0.367 e. The summed E-state index contributed by atoms with van der Waals surface area (Å²) in [6.07, 6.45) is 6.18. The Morgan fingerprint density at radius 1 is 1.32 bits per heavy atom. The molecule has 0 aliphatic heterocycles. The van der Waals surface area contributed by atoms with Crippen LogP contribution in [-0.2, 0) is 12.8 Å². The molecule has 0 unspecified atom stereocenters. The molecule has 0 atom stereocenters. The topological polar surface area (TPSA) is 94.0 Å². The van der Waals surface area contributed by atoms with Gasteiger partial charge in [0.05, 0.1) is 5.56 Å². The summed E-state index contributed by atoms with van der Waals surface area (Å²) in [5, 5.41) is 3.32. The third-order valence-electron chi connectivity index (χ3n) is 4.08. The lowest BCUT2D eigenvalue weighted by Crippen LogP contribution is -2.45. The van der Waals surface area contributed by atoms with Crippen LogP contribution >= 0.6 is 0 Å². The Morgan fingerprint density at radius 3 is 2.74 bits per heavy atom. The van der Waals surface area contributed by atoms with E-state index >= 15 is 0 Å². The fourth-order valence-corrected chi connectivity index (χ4v) is 2.90. The first-order valence-electron chi connectivity index (χ1n) is 6.98. The molecule has 1 heterocycles. The van der Waals surface area contributed by atoms with Crippen LogP contribution in [0.25, 0.3) is 0 Å². The van der Waals surface area contributed by atoms with Crippen LogP contribution in [0.4, 0.5) is 5.82 Å². The van der Waals surface area contributed by atoms with Crippen LogP contribution < -0.4 is 16.8 Å². The number of aryl methyl sites for hydroxylation is 2. The summed E-state index contributed by atoms with van der Waals surface area (Å²) in [5.41, 5.74) is 14.1. The number of amides is 1. The molecule has 0 spiro atoms. The highest BCUT2D eigenvalue weighted by Gasteiger charge is 2.28. The van der Waals surface area contributed by atoms with E-state index in [0.717, 1.165) is 37.8 Å². The molecule has 5 nitrogen and oxygen atoms in total. The summed E-state index contributed by atoms with van der Waals surface area (Å²) in [7, 11) is 0. The van der Waals surface area contributed by atoms with E-state index in [-0.39, 0.29) is 6.04 Å². The lowest BCUT2D eigenvalue weighted by molar-refractivity contribution is 0.100. The first-order chi connectivity index (χ1) is 9.13. The molecule has 1 fully saturated rings. The van der Waals surface area contributed by atoms with Crippen molar-refractivity contribution < 1.29 is 4.79 Å². The second kappa shape index (κ2) is 4.81. The Morgan fingerprint density at radius 2 is 2.05 bits per heavy atom. The largest absolute Gasteiger partial charge is 0.367 e. The molecule has 19 heavy (non-hydrogen) atoms. The molecule has 1 aromatic rings. The normalized spacial score (nSPS) is 25.3. The number of hydrogen-bond acceptors (Lipinski definition) is 4. The zero-order chi connectivity index (χ0) is 13.4. The van der Waals surface area contributed by atoms with E-state index in [9.17, 15) is 4.79 Å². The molecular formula is C14H20N4O. The maximum absolute atomic E-state index is 11.6. The van der Waals surface area contributed by atoms with Gasteiger partial charge in [-0.3, -0.25) is 4.79 Å². The summed E-state index contributed by atoms with van der Waals surface area (Å²) < 4.78 is 0. The molecule has 102 valence electrons. The van der Waals surface area contributed by atoms with Gasteiger partial charge in [-0.05, 0) is 50.2 Å². The first kappa shape index (κ1) is 12.4. The maximum Gasteiger partial charge on any atom is 0.252 e. The van der Waals surface area contributed by atoms with Gasteiger partial charge in [-0.25, -0.2) is 4.98 Å². The number of primary amides is 1. The average molecular weight is 260 g/mol. The van der Waals surface area contributed by atoms with Crippen molar-refractivity contribution in [2.45, 2.75) is 50.6 Å². The molecule has 1 saturated carbocycles. The number of hydrogen-bond donors (Lipinski definition) is 3. The van der Waals surface area contributed by atoms with E-state index in [1.807, 2.05) is 6.07 Å². The van der Waals surface area contributed by atoms with Gasteiger partial charge in [-0.2, -0.15) is 0 Å². The van der Waals surface area contributed by atoms with Gasteiger partial charge in [-0.1, -0.05) is 0 Å². The fraction of sp³-hybridized carbons (Fsp3) is 0.571. The van der Waals surface area contributed by atoms with Gasteiger partial charge in [0.15, 0.2) is 0 Å². The number of anilines is 1. The van der Waals surface area contributed by atoms with Gasteiger partial charge >= 0.3 is 0 Å². The van der Waals surface area contributed by atoms with Crippen molar-refractivity contribution in [2.75, 3.05) is 5.32 Å². The molecule has 2 aliphatic carbocycles. The molecule has 0 bridgehead atoms. The SMILES string of the molecule is NC(=O)c1cc2c(nc1NC1CC(N)C1)CCCC2. The van der Waals surface area contributed by atoms with Crippen LogP contribution in [0.2, 0.25) is 0 Å². The van der Waals surface area contributed by atoms with Crippen LogP contribution in [0, 0.1) is 0 Å². The Hall–Kier alpha value is -1.62. The van der Waals surface area contributed by atoms with Crippen molar-refractivity contribution >= 4 is 11.7 Å². The average Bonchev–Trinajstić information content (AvgIpc) is 2.36. The number of aromatic nitrogens is 1. The number of nitrogens with zero attached hydrogens (tertiary/aromatic N) is 1. The number of carbonyl (C=O) groups excluding carboxylic acids is 1. The highest BCUT2D eigenvalue weighted by molar-refractivity contribution is 5.97. The van der Waals surface area contributed by atoms with E-state index in [1.54, 1.807) is 0 Å². The standard InChI is InChI=1S/C14H20N4O/c15-9-6-10(7-9)17-14-11(13(16)19)5-8-3-1-2-4-12(8)18-14/h5,9-10H,1-4,6-7,15H2,(H2,16,19)(H,17,18). The van der Waals surface area contributed by atoms with Crippen molar-refractivity contribution in [3.05, 3.63) is 22.9 Å². The second-order valence-electron chi connectivity index (χ2n) is 5.63. The number of nitrogens with one attached hydrogen (secondary N) is 1. The van der Waals surface area contributed by atoms with Crippen LogP contribution in [0.3, 0.4) is 0 Å². The molecule has 1 amide bonds. The lowest BCUT2D eigenvalue weighted by Gasteiger charge is -2.34. The maximum atomic E-state index is 11.6. The van der Waals surface area contributed by atoms with Crippen molar-refractivity contribution in [2.24, 2.45) is 11.5 Å². The lowest BCUT2D eigenvalue weighted by atomic mass is 9.87. The zero-order valence-corrected chi connectivity index (χ0v) is 11.0. The van der Waals surface area contributed by atoms with E-state index in [0.29, 0.717) is 17.4 Å². The predicted octanol–water partition coefficient (Wildman–Crippen LogP) is 0.961. The predicted molar refractivity (Wildman–Crippen MR) is 74.0 cm³/mol. The molecule has 3 rings (SSSR count). The molecule has 2 aliphatic rings. The number of carbonyl (C=O) groups is 1. The number of fused-ring (bicyclic) bond motifs is 1. The number of rotatable bonds is 3. The molecule has 0 saturated heterocycles. The minimum atomic E-state index is -0.410. The molecule has 1 aromatic heterocycles. The van der Waals surface area contributed by atoms with E-state index in [1.165, 1.54) is 12.0 Å². The first-order valence-corrected chi connectivity index (χ1v) is 6.98. The molecule has 5 heteroatoms. The number of pyridine rings is 1. The monoisotopic (exact) mass is 260 g/mol. The highest BCUT2D eigenvalue weighted by atomic mass is 16.1. The smallest absolute Gasteiger partial charge is 0.252 e. The summed E-state index contributed by atoms with van der Waals surface area (Å²) in [6.45, 7) is 0. The Kier molecular flexibility index (Phi) is 3.14. The summed E-state index contributed by atoms with van der Waals surface area (Å²) in [5.74, 6) is 0.233. The van der Waals surface area contributed by atoms with Crippen LogP contribution in [0.1, 0.15) is 47.3 Å². The van der Waals surface area contributed by atoms with E-state index < -0.39 is 5.91 Å². The third-order valence-corrected chi connectivity index (χ3v) is 4.08. The van der Waals surface area contributed by atoms with Gasteiger partial charge in [-0.15, -0.1) is 0 Å². The Bertz CT molecular complexity index is 508. The van der Waals surface area contributed by atoms with Gasteiger partial charge in [0.2, 0.25) is 0 Å². The molecule has 5 N–H and O–H groups in total. The van der Waals surface area contributed by atoms with E-state index in [4.69, 9.17) is 11.5 Å². The van der Waals surface area contributed by atoms with Gasteiger partial charge < -0.3 is 16.8 Å². The fourth-order valence-electron chi connectivity index (χ4n) is 2.90. The van der Waals surface area contributed by atoms with Crippen LogP contribution in [0.5, 0.6) is 0 Å². The quantitative estimate of drug-likeness (QED) is 0.754. The van der Waals surface area contributed by atoms with Crippen LogP contribution in [-0.4, -0.2) is 23.0 Å². The minimum absolute atomic E-state index is 0.271. The summed E-state index contributed by atoms with van der Waals surface area (Å²) >= 11 is 0. The highest BCUT2D eigenvalue weighted by Crippen LogP contribution is 2.27. The summed E-state index contributed by atoms with van der Waals surface area (Å²) in [6, 6.07) is 2.51. The van der Waals surface area contributed by atoms with Crippen molar-refractivity contribution in [1.82, 2.24) is 4.98 Å². The van der Waals surface area contributed by atoms with E-state index in [2.05, 4.69) is 10.3 Å². The second-order valence-corrected chi connectivity index (χ2v) is 5.63. The zero-order valence-electron chi connectivity index (χ0n) is 11.0. The Balaban J connectivity index is 1.89. The molecule has 0 radical (unpaired) electrons. The summed E-state index contributed by atoms with van der Waals surface area (Å²) in [4.78, 5) is 16.2. The van der Waals surface area contributed by atoms with Crippen molar-refractivity contribution in [3.63, 3.8) is 0 Å². The van der Waals surface area contributed by atoms with Gasteiger partial charge in [0.25, 0.3) is 5.91 Å².